The molecule has 0 spiro atoms. The Morgan fingerprint density at radius 2 is 2.15 bits per heavy atom. The van der Waals surface area contributed by atoms with E-state index >= 15 is 0 Å². The summed E-state index contributed by atoms with van der Waals surface area (Å²) in [4.78, 5) is 0. The molecule has 0 heterocycles. The number of benzene rings is 1. The summed E-state index contributed by atoms with van der Waals surface area (Å²) in [5.41, 5.74) is 2.46. The van der Waals surface area contributed by atoms with Crippen molar-refractivity contribution in [2.45, 2.75) is 20.3 Å². The van der Waals surface area contributed by atoms with Gasteiger partial charge in [-0.2, -0.15) is 0 Å². The van der Waals surface area contributed by atoms with Gasteiger partial charge in [0, 0.05) is 5.88 Å². The minimum Gasteiger partial charge on any atom is -0.494 e. The first-order chi connectivity index (χ1) is 6.27. The third kappa shape index (κ3) is 2.92. The molecule has 0 aliphatic heterocycles. The second kappa shape index (κ2) is 5.13. The molecule has 1 aromatic rings. The van der Waals surface area contributed by atoms with Gasteiger partial charge in [-0.25, -0.2) is 0 Å². The van der Waals surface area contributed by atoms with Crippen LogP contribution >= 0.6 is 11.6 Å². The smallest absolute Gasteiger partial charge is 0.122 e. The molecule has 0 fully saturated rings. The summed E-state index contributed by atoms with van der Waals surface area (Å²) in [6.45, 7) is 4.77. The molecule has 2 heteroatoms. The first-order valence-corrected chi connectivity index (χ1v) is 5.09. The Balaban J connectivity index is 2.79. The van der Waals surface area contributed by atoms with Crippen LogP contribution in [0.15, 0.2) is 18.2 Å². The van der Waals surface area contributed by atoms with Gasteiger partial charge < -0.3 is 4.74 Å². The lowest BCUT2D eigenvalue weighted by atomic mass is 10.1. The van der Waals surface area contributed by atoms with Crippen LogP contribution in [-0.4, -0.2) is 12.5 Å². The highest BCUT2D eigenvalue weighted by molar-refractivity contribution is 6.17. The molecule has 0 aromatic heterocycles. The largest absolute Gasteiger partial charge is 0.494 e. The SMILES string of the molecule is CCOc1ccc(CCCl)cc1C. The van der Waals surface area contributed by atoms with Gasteiger partial charge in [-0.1, -0.05) is 12.1 Å². The topological polar surface area (TPSA) is 9.23 Å². The number of hydrogen-bond acceptors (Lipinski definition) is 1. The van der Waals surface area contributed by atoms with E-state index in [2.05, 4.69) is 19.1 Å². The van der Waals surface area contributed by atoms with Crippen LogP contribution in [0, 0.1) is 6.92 Å². The van der Waals surface area contributed by atoms with Gasteiger partial charge in [-0.3, -0.25) is 0 Å². The minimum atomic E-state index is 0.674. The van der Waals surface area contributed by atoms with Crippen molar-refractivity contribution in [1.82, 2.24) is 0 Å². The maximum atomic E-state index is 5.66. The van der Waals surface area contributed by atoms with Gasteiger partial charge in [0.1, 0.15) is 5.75 Å². The van der Waals surface area contributed by atoms with E-state index in [0.717, 1.165) is 18.8 Å². The van der Waals surface area contributed by atoms with Crippen molar-refractivity contribution >= 4 is 11.6 Å². The molecule has 0 N–H and O–H groups in total. The third-order valence-corrected chi connectivity index (χ3v) is 2.11. The van der Waals surface area contributed by atoms with E-state index in [1.807, 2.05) is 13.0 Å². The van der Waals surface area contributed by atoms with Crippen LogP contribution in [0.5, 0.6) is 5.75 Å². The molecule has 0 bridgehead atoms. The molecule has 0 saturated heterocycles. The molecule has 0 aliphatic rings. The van der Waals surface area contributed by atoms with E-state index < -0.39 is 0 Å². The molecule has 1 aromatic carbocycles. The van der Waals surface area contributed by atoms with E-state index in [1.165, 1.54) is 11.1 Å². The lowest BCUT2D eigenvalue weighted by Crippen LogP contribution is -1.95. The molecule has 0 aliphatic carbocycles. The molecule has 0 atom stereocenters. The van der Waals surface area contributed by atoms with E-state index in [9.17, 15) is 0 Å². The Morgan fingerprint density at radius 1 is 1.38 bits per heavy atom. The Labute approximate surface area is 84.7 Å². The van der Waals surface area contributed by atoms with Gasteiger partial charge >= 0.3 is 0 Å². The van der Waals surface area contributed by atoms with Crippen LogP contribution in [0.2, 0.25) is 0 Å². The van der Waals surface area contributed by atoms with Gasteiger partial charge in [-0.05, 0) is 37.5 Å². The van der Waals surface area contributed by atoms with Crippen molar-refractivity contribution in [3.63, 3.8) is 0 Å². The predicted molar refractivity (Wildman–Crippen MR) is 56.8 cm³/mol. The zero-order valence-corrected chi connectivity index (χ0v) is 8.90. The average molecular weight is 199 g/mol. The Morgan fingerprint density at radius 3 is 2.69 bits per heavy atom. The third-order valence-electron chi connectivity index (χ3n) is 1.92. The first-order valence-electron chi connectivity index (χ1n) is 4.56. The standard InChI is InChI=1S/C11H15ClO/c1-3-13-11-5-4-10(6-7-12)8-9(11)2/h4-5,8H,3,6-7H2,1-2H3. The summed E-state index contributed by atoms with van der Waals surface area (Å²) in [7, 11) is 0. The van der Waals surface area contributed by atoms with Gasteiger partial charge in [0.15, 0.2) is 0 Å². The maximum absolute atomic E-state index is 5.66. The zero-order valence-electron chi connectivity index (χ0n) is 8.14. The molecule has 72 valence electrons. The number of aryl methyl sites for hydroxylation is 2. The van der Waals surface area contributed by atoms with E-state index in [4.69, 9.17) is 16.3 Å². The Bertz CT molecular complexity index is 271. The maximum Gasteiger partial charge on any atom is 0.122 e. The van der Waals surface area contributed by atoms with Gasteiger partial charge in [0.05, 0.1) is 6.61 Å². The zero-order chi connectivity index (χ0) is 9.68. The van der Waals surface area contributed by atoms with E-state index in [1.54, 1.807) is 0 Å². The second-order valence-electron chi connectivity index (χ2n) is 2.97. The average Bonchev–Trinajstić information content (AvgIpc) is 2.10. The van der Waals surface area contributed by atoms with Crippen LogP contribution in [-0.2, 0) is 6.42 Å². The van der Waals surface area contributed by atoms with Crippen molar-refractivity contribution in [2.24, 2.45) is 0 Å². The van der Waals surface area contributed by atoms with Crippen molar-refractivity contribution < 1.29 is 4.74 Å². The van der Waals surface area contributed by atoms with Crippen molar-refractivity contribution in [1.29, 1.82) is 0 Å². The summed E-state index contributed by atoms with van der Waals surface area (Å²) in [6.07, 6.45) is 0.925. The molecule has 13 heavy (non-hydrogen) atoms. The van der Waals surface area contributed by atoms with Crippen LogP contribution in [0.4, 0.5) is 0 Å². The molecule has 1 rings (SSSR count). The number of rotatable bonds is 4. The highest BCUT2D eigenvalue weighted by atomic mass is 35.5. The van der Waals surface area contributed by atoms with Crippen LogP contribution in [0.3, 0.4) is 0 Å². The van der Waals surface area contributed by atoms with Crippen LogP contribution in [0.25, 0.3) is 0 Å². The quantitative estimate of drug-likeness (QED) is 0.676. The predicted octanol–water partition coefficient (Wildman–Crippen LogP) is 3.18. The molecular weight excluding hydrogens is 184 g/mol. The Kier molecular flexibility index (Phi) is 4.10. The summed E-state index contributed by atoms with van der Waals surface area (Å²) >= 11 is 5.66. The normalized spacial score (nSPS) is 10.1. The van der Waals surface area contributed by atoms with Crippen LogP contribution in [0.1, 0.15) is 18.1 Å². The first kappa shape index (κ1) is 10.4. The highest BCUT2D eigenvalue weighted by Crippen LogP contribution is 2.19. The number of hydrogen-bond donors (Lipinski definition) is 0. The summed E-state index contributed by atoms with van der Waals surface area (Å²) < 4.78 is 5.44. The van der Waals surface area contributed by atoms with Crippen LogP contribution < -0.4 is 4.74 Å². The summed E-state index contributed by atoms with van der Waals surface area (Å²) in [5.74, 6) is 1.65. The molecular formula is C11H15ClO. The van der Waals surface area contributed by atoms with Crippen molar-refractivity contribution in [3.05, 3.63) is 29.3 Å². The fourth-order valence-electron chi connectivity index (χ4n) is 1.29. The number of halogens is 1. The van der Waals surface area contributed by atoms with E-state index in [-0.39, 0.29) is 0 Å². The molecule has 0 saturated carbocycles. The van der Waals surface area contributed by atoms with E-state index in [0.29, 0.717) is 5.88 Å². The second-order valence-corrected chi connectivity index (χ2v) is 3.35. The minimum absolute atomic E-state index is 0.674. The summed E-state index contributed by atoms with van der Waals surface area (Å²) in [6, 6.07) is 6.22. The monoisotopic (exact) mass is 198 g/mol. The molecule has 1 nitrogen and oxygen atoms in total. The Hall–Kier alpha value is -0.690. The lowest BCUT2D eigenvalue weighted by molar-refractivity contribution is 0.338. The van der Waals surface area contributed by atoms with Crippen molar-refractivity contribution in [3.8, 4) is 5.75 Å². The number of alkyl halides is 1. The number of ether oxygens (including phenoxy) is 1. The fourth-order valence-corrected chi connectivity index (χ4v) is 1.51. The highest BCUT2D eigenvalue weighted by Gasteiger charge is 1.99. The molecule has 0 amide bonds. The summed E-state index contributed by atoms with van der Waals surface area (Å²) in [5, 5.41) is 0. The van der Waals surface area contributed by atoms with Gasteiger partial charge in [-0.15, -0.1) is 11.6 Å². The fraction of sp³-hybridized carbons (Fsp3) is 0.455. The van der Waals surface area contributed by atoms with Gasteiger partial charge in [0.2, 0.25) is 0 Å². The van der Waals surface area contributed by atoms with Gasteiger partial charge in [0.25, 0.3) is 0 Å². The molecule has 0 unspecified atom stereocenters. The van der Waals surface area contributed by atoms with Crippen molar-refractivity contribution in [2.75, 3.05) is 12.5 Å². The molecule has 0 radical (unpaired) electrons. The lowest BCUT2D eigenvalue weighted by Gasteiger charge is -2.08.